The maximum atomic E-state index is 13.4. The molecule has 0 fully saturated rings. The number of thioether (sulfide) groups is 1. The van der Waals surface area contributed by atoms with Gasteiger partial charge in [-0.05, 0) is 57.2 Å². The maximum absolute atomic E-state index is 13.4. The normalized spacial score (nSPS) is 20.0. The summed E-state index contributed by atoms with van der Waals surface area (Å²) in [6.45, 7) is 0.891. The Kier molecular flexibility index (Phi) is 6.58. The minimum atomic E-state index is -4.44. The van der Waals surface area contributed by atoms with Crippen molar-refractivity contribution in [2.75, 3.05) is 32.6 Å². The SMILES string of the molecule is CN(C)CCCC1Sc2ccc(C(F)(F)F)cc2N(C)C(=O)C1c1ccccc1. The summed E-state index contributed by atoms with van der Waals surface area (Å²) in [5.41, 5.74) is 0.486. The van der Waals surface area contributed by atoms with Crippen molar-refractivity contribution in [1.29, 1.82) is 0 Å². The first-order valence-electron chi connectivity index (χ1n) is 9.53. The number of alkyl halides is 3. The highest BCUT2D eigenvalue weighted by Gasteiger charge is 2.38. The van der Waals surface area contributed by atoms with Crippen molar-refractivity contribution in [3.05, 3.63) is 59.7 Å². The first-order valence-corrected chi connectivity index (χ1v) is 10.4. The van der Waals surface area contributed by atoms with E-state index in [0.717, 1.165) is 37.1 Å². The number of fused-ring (bicyclic) bond motifs is 1. The number of likely N-dealkylation sites (N-methyl/N-ethyl adjacent to an activating group) is 1. The summed E-state index contributed by atoms with van der Waals surface area (Å²) in [7, 11) is 5.57. The lowest BCUT2D eigenvalue weighted by molar-refractivity contribution is -0.137. The lowest BCUT2D eigenvalue weighted by Gasteiger charge is -2.26. The molecule has 2 aromatic rings. The zero-order valence-electron chi connectivity index (χ0n) is 16.7. The second kappa shape index (κ2) is 8.79. The molecule has 0 saturated carbocycles. The zero-order valence-corrected chi connectivity index (χ0v) is 17.6. The third kappa shape index (κ3) is 4.95. The highest BCUT2D eigenvalue weighted by Crippen LogP contribution is 2.46. The molecule has 7 heteroatoms. The molecule has 0 aliphatic carbocycles. The Balaban J connectivity index is 2.02. The molecule has 29 heavy (non-hydrogen) atoms. The van der Waals surface area contributed by atoms with E-state index < -0.39 is 17.7 Å². The predicted molar refractivity (Wildman–Crippen MR) is 111 cm³/mol. The highest BCUT2D eigenvalue weighted by molar-refractivity contribution is 8.00. The van der Waals surface area contributed by atoms with E-state index in [1.54, 1.807) is 7.05 Å². The molecule has 2 aromatic carbocycles. The molecular weight excluding hydrogens is 397 g/mol. The fourth-order valence-electron chi connectivity index (χ4n) is 3.62. The van der Waals surface area contributed by atoms with Gasteiger partial charge in [0.2, 0.25) is 5.91 Å². The molecule has 1 heterocycles. The number of carbonyl (C=O) groups is 1. The Morgan fingerprint density at radius 3 is 2.41 bits per heavy atom. The van der Waals surface area contributed by atoms with Gasteiger partial charge >= 0.3 is 6.18 Å². The van der Waals surface area contributed by atoms with Gasteiger partial charge in [0, 0.05) is 17.2 Å². The standard InChI is InChI=1S/C22H25F3N2OS/c1-26(2)13-7-10-19-20(15-8-5-4-6-9-15)21(28)27(3)17-14-16(22(23,24)25)11-12-18(17)29-19/h4-6,8-9,11-12,14,19-20H,7,10,13H2,1-3H3. The Labute approximate surface area is 173 Å². The topological polar surface area (TPSA) is 23.6 Å². The fourth-order valence-corrected chi connectivity index (χ4v) is 5.11. The third-order valence-corrected chi connectivity index (χ3v) is 6.56. The molecule has 0 N–H and O–H groups in total. The van der Waals surface area contributed by atoms with Gasteiger partial charge in [-0.15, -0.1) is 11.8 Å². The van der Waals surface area contributed by atoms with Crippen LogP contribution in [0.5, 0.6) is 0 Å². The molecule has 1 aliphatic heterocycles. The number of halogens is 3. The summed E-state index contributed by atoms with van der Waals surface area (Å²) < 4.78 is 39.7. The average Bonchev–Trinajstić information content (AvgIpc) is 2.76. The Morgan fingerprint density at radius 2 is 1.79 bits per heavy atom. The number of hydrogen-bond acceptors (Lipinski definition) is 3. The van der Waals surface area contributed by atoms with Crippen LogP contribution in [-0.4, -0.2) is 43.7 Å². The van der Waals surface area contributed by atoms with E-state index in [1.165, 1.54) is 22.7 Å². The van der Waals surface area contributed by atoms with Gasteiger partial charge in [0.1, 0.15) is 0 Å². The zero-order chi connectivity index (χ0) is 21.2. The lowest BCUT2D eigenvalue weighted by atomic mass is 9.91. The van der Waals surface area contributed by atoms with Crippen LogP contribution < -0.4 is 4.90 Å². The number of benzene rings is 2. The van der Waals surface area contributed by atoms with Crippen LogP contribution in [0.4, 0.5) is 18.9 Å². The van der Waals surface area contributed by atoms with E-state index >= 15 is 0 Å². The summed E-state index contributed by atoms with van der Waals surface area (Å²) in [5, 5.41) is -0.0507. The van der Waals surface area contributed by atoms with Crippen molar-refractivity contribution >= 4 is 23.4 Å². The van der Waals surface area contributed by atoms with Gasteiger partial charge in [-0.3, -0.25) is 4.79 Å². The summed E-state index contributed by atoms with van der Waals surface area (Å²) >= 11 is 1.51. The van der Waals surface area contributed by atoms with Crippen LogP contribution in [0, 0.1) is 0 Å². The van der Waals surface area contributed by atoms with E-state index in [1.807, 2.05) is 44.4 Å². The van der Waals surface area contributed by atoms with Gasteiger partial charge in [0.05, 0.1) is 17.2 Å². The number of carbonyl (C=O) groups excluding carboxylic acids is 1. The van der Waals surface area contributed by atoms with E-state index in [2.05, 4.69) is 4.90 Å². The monoisotopic (exact) mass is 422 g/mol. The molecule has 0 radical (unpaired) electrons. The smallest absolute Gasteiger partial charge is 0.314 e. The summed E-state index contributed by atoms with van der Waals surface area (Å²) in [5.74, 6) is -0.577. The van der Waals surface area contributed by atoms with Gasteiger partial charge in [-0.25, -0.2) is 0 Å². The largest absolute Gasteiger partial charge is 0.416 e. The molecule has 3 nitrogen and oxygen atoms in total. The van der Waals surface area contributed by atoms with Crippen LogP contribution >= 0.6 is 11.8 Å². The Morgan fingerprint density at radius 1 is 1.10 bits per heavy atom. The number of anilines is 1. The van der Waals surface area contributed by atoms with Crippen LogP contribution in [0.25, 0.3) is 0 Å². The number of nitrogens with zero attached hydrogens (tertiary/aromatic N) is 2. The molecule has 2 atom stereocenters. The second-order valence-corrected chi connectivity index (χ2v) is 8.85. The third-order valence-electron chi connectivity index (χ3n) is 5.15. The van der Waals surface area contributed by atoms with Crippen molar-refractivity contribution in [2.45, 2.75) is 35.1 Å². The van der Waals surface area contributed by atoms with Crippen LogP contribution in [0.15, 0.2) is 53.4 Å². The molecule has 1 amide bonds. The van der Waals surface area contributed by atoms with Crippen molar-refractivity contribution in [2.24, 2.45) is 0 Å². The molecule has 2 unspecified atom stereocenters. The van der Waals surface area contributed by atoms with E-state index in [4.69, 9.17) is 0 Å². The molecular formula is C22H25F3N2OS. The number of rotatable bonds is 5. The van der Waals surface area contributed by atoms with Gasteiger partial charge in [0.15, 0.2) is 0 Å². The van der Waals surface area contributed by atoms with Crippen LogP contribution in [0.1, 0.15) is 29.9 Å². The molecule has 156 valence electrons. The molecule has 0 spiro atoms. The second-order valence-electron chi connectivity index (χ2n) is 7.57. The first-order chi connectivity index (χ1) is 13.7. The average molecular weight is 423 g/mol. The Hall–Kier alpha value is -1.99. The predicted octanol–water partition coefficient (Wildman–Crippen LogP) is 5.27. The van der Waals surface area contributed by atoms with Gasteiger partial charge in [-0.2, -0.15) is 13.2 Å². The molecule has 0 saturated heterocycles. The summed E-state index contributed by atoms with van der Waals surface area (Å²) in [6, 6.07) is 13.2. The van der Waals surface area contributed by atoms with Gasteiger partial charge in [0.25, 0.3) is 0 Å². The van der Waals surface area contributed by atoms with Crippen molar-refractivity contribution < 1.29 is 18.0 Å². The maximum Gasteiger partial charge on any atom is 0.416 e. The highest BCUT2D eigenvalue weighted by atomic mass is 32.2. The van der Waals surface area contributed by atoms with E-state index in [9.17, 15) is 18.0 Å². The minimum absolute atomic E-state index is 0.0507. The molecule has 1 aliphatic rings. The van der Waals surface area contributed by atoms with Crippen molar-refractivity contribution in [3.63, 3.8) is 0 Å². The van der Waals surface area contributed by atoms with Crippen molar-refractivity contribution in [3.8, 4) is 0 Å². The van der Waals surface area contributed by atoms with Gasteiger partial charge < -0.3 is 9.80 Å². The first kappa shape index (κ1) is 21.7. The lowest BCUT2D eigenvalue weighted by Crippen LogP contribution is -2.35. The van der Waals surface area contributed by atoms with Crippen molar-refractivity contribution in [1.82, 2.24) is 4.90 Å². The Bertz CT molecular complexity index is 855. The van der Waals surface area contributed by atoms with Crippen LogP contribution in [0.3, 0.4) is 0 Å². The molecule has 0 bridgehead atoms. The minimum Gasteiger partial charge on any atom is -0.314 e. The van der Waals surface area contributed by atoms with E-state index in [0.29, 0.717) is 10.6 Å². The number of amides is 1. The molecule has 0 aromatic heterocycles. The van der Waals surface area contributed by atoms with Gasteiger partial charge in [-0.1, -0.05) is 30.3 Å². The number of hydrogen-bond donors (Lipinski definition) is 0. The van der Waals surface area contributed by atoms with E-state index in [-0.39, 0.29) is 11.2 Å². The summed E-state index contributed by atoms with van der Waals surface area (Å²) in [4.78, 5) is 17.6. The summed E-state index contributed by atoms with van der Waals surface area (Å²) in [6.07, 6.45) is -2.75. The van der Waals surface area contributed by atoms with Crippen LogP contribution in [-0.2, 0) is 11.0 Å². The fraction of sp³-hybridized carbons (Fsp3) is 0.409. The van der Waals surface area contributed by atoms with Crippen LogP contribution in [0.2, 0.25) is 0 Å². The molecule has 3 rings (SSSR count). The quantitative estimate of drug-likeness (QED) is 0.656.